The summed E-state index contributed by atoms with van der Waals surface area (Å²) in [5.41, 5.74) is 3.21. The number of aromatic nitrogens is 3. The van der Waals surface area contributed by atoms with Crippen LogP contribution in [0.2, 0.25) is 0 Å². The van der Waals surface area contributed by atoms with Crippen molar-refractivity contribution in [3.05, 3.63) is 53.9 Å². The van der Waals surface area contributed by atoms with E-state index in [9.17, 15) is 4.79 Å². The smallest absolute Gasteiger partial charge is 0.235 e. The van der Waals surface area contributed by atoms with Gasteiger partial charge in [0.15, 0.2) is 0 Å². The first-order valence-electron chi connectivity index (χ1n) is 7.97. The number of carbonyl (C=O) groups is 1. The van der Waals surface area contributed by atoms with E-state index in [4.69, 9.17) is 0 Å². The Kier molecular flexibility index (Phi) is 3.76. The fourth-order valence-electron chi connectivity index (χ4n) is 3.04. The molecule has 0 saturated heterocycles. The quantitative estimate of drug-likeness (QED) is 0.772. The number of fused-ring (bicyclic) bond motifs is 2. The molecule has 0 radical (unpaired) electrons. The van der Waals surface area contributed by atoms with E-state index in [1.54, 1.807) is 18.0 Å². The van der Waals surface area contributed by atoms with Gasteiger partial charge >= 0.3 is 0 Å². The predicted octanol–water partition coefficient (Wildman–Crippen LogP) is 3.79. The first-order valence-corrected chi connectivity index (χ1v) is 9.02. The van der Waals surface area contributed by atoms with E-state index in [2.05, 4.69) is 47.4 Å². The molecule has 0 aliphatic carbocycles. The van der Waals surface area contributed by atoms with E-state index >= 15 is 0 Å². The fourth-order valence-corrected chi connectivity index (χ4v) is 4.12. The van der Waals surface area contributed by atoms with E-state index in [1.165, 1.54) is 5.56 Å². The Labute approximate surface area is 144 Å². The fraction of sp³-hybridized carbons (Fsp3) is 0.278. The van der Waals surface area contributed by atoms with Gasteiger partial charge in [-0.05, 0) is 37.6 Å². The molecule has 24 heavy (non-hydrogen) atoms. The lowest BCUT2D eigenvalue weighted by atomic mass is 10.0. The maximum atomic E-state index is 12.1. The molecule has 1 aromatic carbocycles. The monoisotopic (exact) mass is 338 g/mol. The van der Waals surface area contributed by atoms with Crippen LogP contribution in [0.25, 0.3) is 10.9 Å². The van der Waals surface area contributed by atoms with Gasteiger partial charge in [-0.25, -0.2) is 4.68 Å². The average Bonchev–Trinajstić information content (AvgIpc) is 2.91. The van der Waals surface area contributed by atoms with Gasteiger partial charge in [0.25, 0.3) is 0 Å². The Bertz CT molecular complexity index is 918. The molecular formula is C18H18N4OS. The van der Waals surface area contributed by atoms with Crippen molar-refractivity contribution in [1.82, 2.24) is 14.8 Å². The molecule has 1 N–H and O–H groups in total. The minimum absolute atomic E-state index is 0.0219. The van der Waals surface area contributed by atoms with Gasteiger partial charge in [-0.2, -0.15) is 5.10 Å². The highest BCUT2D eigenvalue weighted by Gasteiger charge is 2.28. The molecule has 3 heterocycles. The number of anilines is 1. The number of hydrogen-bond donors (Lipinski definition) is 1. The van der Waals surface area contributed by atoms with Gasteiger partial charge in [0.2, 0.25) is 5.91 Å². The minimum atomic E-state index is 0.0219. The number of amides is 1. The van der Waals surface area contributed by atoms with Crippen LogP contribution in [0.5, 0.6) is 0 Å². The van der Waals surface area contributed by atoms with E-state index in [-0.39, 0.29) is 17.2 Å². The van der Waals surface area contributed by atoms with E-state index in [0.29, 0.717) is 5.75 Å². The highest BCUT2D eigenvalue weighted by Crippen LogP contribution is 2.42. The third-order valence-electron chi connectivity index (χ3n) is 4.16. The third-order valence-corrected chi connectivity index (χ3v) is 5.45. The predicted molar refractivity (Wildman–Crippen MR) is 97.3 cm³/mol. The maximum Gasteiger partial charge on any atom is 0.235 e. The van der Waals surface area contributed by atoms with Crippen LogP contribution in [0, 0.1) is 0 Å². The van der Waals surface area contributed by atoms with Gasteiger partial charge in [-0.15, -0.1) is 11.8 Å². The van der Waals surface area contributed by atoms with Gasteiger partial charge in [-0.3, -0.25) is 9.78 Å². The number of nitrogens with zero attached hydrogens (tertiary/aromatic N) is 3. The summed E-state index contributed by atoms with van der Waals surface area (Å²) in [6, 6.07) is 10.5. The summed E-state index contributed by atoms with van der Waals surface area (Å²) >= 11 is 1.64. The molecule has 4 rings (SSSR count). The molecule has 6 heteroatoms. The van der Waals surface area contributed by atoms with E-state index < -0.39 is 0 Å². The molecule has 122 valence electrons. The van der Waals surface area contributed by atoms with Crippen LogP contribution in [-0.2, 0) is 4.79 Å². The summed E-state index contributed by atoms with van der Waals surface area (Å²) in [4.78, 5) is 16.5. The lowest BCUT2D eigenvalue weighted by Gasteiger charge is -2.15. The van der Waals surface area contributed by atoms with E-state index in [0.717, 1.165) is 22.3 Å². The van der Waals surface area contributed by atoms with Crippen LogP contribution >= 0.6 is 11.8 Å². The molecule has 1 atom stereocenters. The van der Waals surface area contributed by atoms with Crippen molar-refractivity contribution in [2.75, 3.05) is 11.1 Å². The average molecular weight is 338 g/mol. The molecule has 1 aliphatic heterocycles. The summed E-state index contributed by atoms with van der Waals surface area (Å²) in [6.45, 7) is 4.13. The van der Waals surface area contributed by atoms with Crippen molar-refractivity contribution in [2.24, 2.45) is 0 Å². The molecule has 1 aliphatic rings. The molecule has 0 fully saturated rings. The molecule has 0 unspecified atom stereocenters. The van der Waals surface area contributed by atoms with Crippen LogP contribution in [0.1, 0.15) is 36.3 Å². The van der Waals surface area contributed by atoms with Gasteiger partial charge in [0.1, 0.15) is 5.82 Å². The minimum Gasteiger partial charge on any atom is -0.310 e. The van der Waals surface area contributed by atoms with Crippen molar-refractivity contribution in [2.45, 2.75) is 25.1 Å². The molecular weight excluding hydrogens is 320 g/mol. The zero-order chi connectivity index (χ0) is 16.7. The molecule has 2 aromatic heterocycles. The molecule has 0 saturated carbocycles. The van der Waals surface area contributed by atoms with Gasteiger partial charge in [-0.1, -0.05) is 12.1 Å². The number of carbonyl (C=O) groups excluding carboxylic acids is 1. The van der Waals surface area contributed by atoms with Crippen molar-refractivity contribution in [1.29, 1.82) is 0 Å². The summed E-state index contributed by atoms with van der Waals surface area (Å²) < 4.78 is 1.88. The first kappa shape index (κ1) is 15.2. The number of rotatable bonds is 2. The van der Waals surface area contributed by atoms with Crippen molar-refractivity contribution in [3.63, 3.8) is 0 Å². The second-order valence-corrected chi connectivity index (χ2v) is 7.28. The number of pyridine rings is 1. The first-order chi connectivity index (χ1) is 11.6. The highest BCUT2D eigenvalue weighted by atomic mass is 32.2. The second kappa shape index (κ2) is 5.94. The summed E-state index contributed by atoms with van der Waals surface area (Å²) in [5, 5.41) is 8.69. The maximum absolute atomic E-state index is 12.1. The normalized spacial score (nSPS) is 17.6. The lowest BCUT2D eigenvalue weighted by Crippen LogP contribution is -2.17. The summed E-state index contributed by atoms with van der Waals surface area (Å²) in [5.74, 6) is 1.27. The standard InChI is InChI=1S/C18H18N4OS/c1-11(2)22-18-14(9-20-22)17(24-10-16(23)21-18)13-5-6-15-12(8-13)4-3-7-19-15/h3-9,11,17H,10H2,1-2H3,(H,21,23)/t17-/m1/s1. The van der Waals surface area contributed by atoms with Gasteiger partial charge in [0, 0.05) is 23.2 Å². The Morgan fingerprint density at radius 1 is 1.33 bits per heavy atom. The summed E-state index contributed by atoms with van der Waals surface area (Å²) in [7, 11) is 0. The van der Waals surface area contributed by atoms with Crippen molar-refractivity contribution in [3.8, 4) is 0 Å². The zero-order valence-electron chi connectivity index (χ0n) is 13.6. The van der Waals surface area contributed by atoms with Gasteiger partial charge < -0.3 is 5.32 Å². The largest absolute Gasteiger partial charge is 0.310 e. The Hall–Kier alpha value is -2.34. The van der Waals surface area contributed by atoms with Crippen LogP contribution in [-0.4, -0.2) is 26.4 Å². The molecule has 0 spiro atoms. The SMILES string of the molecule is CC(C)n1ncc2c1NC(=O)CS[C@@H]2c1ccc2ncccc2c1. The van der Waals surface area contributed by atoms with Crippen LogP contribution in [0.4, 0.5) is 5.82 Å². The van der Waals surface area contributed by atoms with Crippen molar-refractivity contribution >= 4 is 34.4 Å². The molecule has 5 nitrogen and oxygen atoms in total. The molecule has 1 amide bonds. The summed E-state index contributed by atoms with van der Waals surface area (Å²) in [6.07, 6.45) is 3.68. The molecule has 3 aromatic rings. The molecule has 0 bridgehead atoms. The third kappa shape index (κ3) is 2.57. The van der Waals surface area contributed by atoms with Crippen LogP contribution in [0.3, 0.4) is 0 Å². The van der Waals surface area contributed by atoms with Gasteiger partial charge in [0.05, 0.1) is 22.7 Å². The number of benzene rings is 1. The second-order valence-electron chi connectivity index (χ2n) is 6.18. The number of nitrogens with one attached hydrogen (secondary N) is 1. The number of hydrogen-bond acceptors (Lipinski definition) is 4. The Morgan fingerprint density at radius 2 is 2.21 bits per heavy atom. The van der Waals surface area contributed by atoms with E-state index in [1.807, 2.05) is 23.0 Å². The number of thioether (sulfide) groups is 1. The van der Waals surface area contributed by atoms with Crippen LogP contribution < -0.4 is 5.32 Å². The topological polar surface area (TPSA) is 59.8 Å². The Balaban J connectivity index is 1.84. The highest BCUT2D eigenvalue weighted by molar-refractivity contribution is 8.00. The van der Waals surface area contributed by atoms with Crippen LogP contribution in [0.15, 0.2) is 42.7 Å². The lowest BCUT2D eigenvalue weighted by molar-refractivity contribution is -0.113. The Morgan fingerprint density at radius 3 is 3.04 bits per heavy atom. The van der Waals surface area contributed by atoms with Crippen molar-refractivity contribution < 1.29 is 4.79 Å². The zero-order valence-corrected chi connectivity index (χ0v) is 14.4.